The lowest BCUT2D eigenvalue weighted by Gasteiger charge is -2.29. The Bertz CT molecular complexity index is 173. The minimum Gasteiger partial charge on any atom is -0.382 e. The van der Waals surface area contributed by atoms with Crippen molar-refractivity contribution in [3.05, 3.63) is 0 Å². The predicted octanol–water partition coefficient (Wildman–Crippen LogP) is 1.11. The van der Waals surface area contributed by atoms with E-state index in [2.05, 4.69) is 17.1 Å². The molecule has 0 saturated carbocycles. The Labute approximate surface area is 106 Å². The van der Waals surface area contributed by atoms with E-state index in [1.54, 1.807) is 7.11 Å². The van der Waals surface area contributed by atoms with E-state index in [-0.39, 0.29) is 0 Å². The molecule has 0 aromatic heterocycles. The van der Waals surface area contributed by atoms with Crippen LogP contribution in [0, 0.1) is 0 Å². The summed E-state index contributed by atoms with van der Waals surface area (Å²) in [7, 11) is 1.70. The zero-order valence-corrected chi connectivity index (χ0v) is 11.4. The van der Waals surface area contributed by atoms with Crippen LogP contribution < -0.4 is 5.32 Å². The first-order chi connectivity index (χ1) is 8.36. The first-order valence-corrected chi connectivity index (χ1v) is 6.89. The van der Waals surface area contributed by atoms with Gasteiger partial charge in [-0.15, -0.1) is 0 Å². The Morgan fingerprint density at radius 2 is 2.12 bits per heavy atom. The highest BCUT2D eigenvalue weighted by molar-refractivity contribution is 4.75. The average molecular weight is 244 g/mol. The number of piperidine rings is 1. The van der Waals surface area contributed by atoms with Gasteiger partial charge in [-0.2, -0.15) is 0 Å². The van der Waals surface area contributed by atoms with Crippen molar-refractivity contribution in [1.82, 2.24) is 10.2 Å². The Balaban J connectivity index is 2.05. The maximum absolute atomic E-state index is 5.51. The summed E-state index contributed by atoms with van der Waals surface area (Å²) in [6, 6.07) is 0.683. The fraction of sp³-hybridized carbons (Fsp3) is 1.00. The number of hydrogen-bond donors (Lipinski definition) is 1. The smallest absolute Gasteiger partial charge is 0.0700 e. The summed E-state index contributed by atoms with van der Waals surface area (Å²) in [5, 5.41) is 3.59. The van der Waals surface area contributed by atoms with Gasteiger partial charge < -0.3 is 14.8 Å². The molecule has 4 nitrogen and oxygen atoms in total. The lowest BCUT2D eigenvalue weighted by molar-refractivity contribution is 0.0559. The van der Waals surface area contributed by atoms with Gasteiger partial charge in [0.05, 0.1) is 19.8 Å². The lowest BCUT2D eigenvalue weighted by Crippen LogP contribution is -2.44. The molecular formula is C13H28N2O2. The molecule has 1 atom stereocenters. The van der Waals surface area contributed by atoms with Crippen LogP contribution in [-0.2, 0) is 9.47 Å². The molecule has 0 aliphatic carbocycles. The van der Waals surface area contributed by atoms with Crippen molar-refractivity contribution in [2.75, 3.05) is 53.1 Å². The van der Waals surface area contributed by atoms with E-state index in [4.69, 9.17) is 9.47 Å². The Kier molecular flexibility index (Phi) is 8.61. The lowest BCUT2D eigenvalue weighted by atomic mass is 10.0. The van der Waals surface area contributed by atoms with Gasteiger partial charge in [0, 0.05) is 26.2 Å². The van der Waals surface area contributed by atoms with Crippen molar-refractivity contribution < 1.29 is 9.47 Å². The molecule has 17 heavy (non-hydrogen) atoms. The minimum absolute atomic E-state index is 0.683. The van der Waals surface area contributed by atoms with E-state index < -0.39 is 0 Å². The molecule has 1 fully saturated rings. The van der Waals surface area contributed by atoms with Gasteiger partial charge in [0.25, 0.3) is 0 Å². The van der Waals surface area contributed by atoms with Crippen LogP contribution in [-0.4, -0.2) is 64.1 Å². The van der Waals surface area contributed by atoms with Gasteiger partial charge in [-0.25, -0.2) is 0 Å². The van der Waals surface area contributed by atoms with Crippen LogP contribution in [0.4, 0.5) is 0 Å². The third kappa shape index (κ3) is 6.99. The molecule has 1 unspecified atom stereocenters. The maximum atomic E-state index is 5.51. The van der Waals surface area contributed by atoms with Crippen molar-refractivity contribution in [2.24, 2.45) is 0 Å². The van der Waals surface area contributed by atoms with Crippen LogP contribution in [0.25, 0.3) is 0 Å². The second-order valence-corrected chi connectivity index (χ2v) is 4.65. The molecule has 0 spiro atoms. The fourth-order valence-corrected chi connectivity index (χ4v) is 2.21. The summed E-state index contributed by atoms with van der Waals surface area (Å²) in [5.74, 6) is 0. The van der Waals surface area contributed by atoms with E-state index in [0.717, 1.165) is 26.2 Å². The van der Waals surface area contributed by atoms with Crippen LogP contribution in [0.3, 0.4) is 0 Å². The van der Waals surface area contributed by atoms with Gasteiger partial charge in [-0.05, 0) is 25.9 Å². The summed E-state index contributed by atoms with van der Waals surface area (Å²) >= 11 is 0. The van der Waals surface area contributed by atoms with Crippen LogP contribution in [0.5, 0.6) is 0 Å². The molecule has 1 saturated heterocycles. The first-order valence-electron chi connectivity index (χ1n) is 6.89. The topological polar surface area (TPSA) is 33.7 Å². The van der Waals surface area contributed by atoms with Crippen molar-refractivity contribution in [3.8, 4) is 0 Å². The average Bonchev–Trinajstić information content (AvgIpc) is 2.38. The summed E-state index contributed by atoms with van der Waals surface area (Å²) in [4.78, 5) is 2.47. The molecule has 0 amide bonds. The highest BCUT2D eigenvalue weighted by Gasteiger charge is 2.15. The van der Waals surface area contributed by atoms with Crippen LogP contribution in [0.1, 0.15) is 26.2 Å². The van der Waals surface area contributed by atoms with E-state index in [1.165, 1.54) is 25.8 Å². The van der Waals surface area contributed by atoms with E-state index in [1.807, 2.05) is 0 Å². The van der Waals surface area contributed by atoms with E-state index in [0.29, 0.717) is 19.3 Å². The zero-order chi connectivity index (χ0) is 12.3. The SMILES string of the molecule is CCN(CCOCCOC)CC1CCCCN1. The highest BCUT2D eigenvalue weighted by atomic mass is 16.5. The van der Waals surface area contributed by atoms with Crippen molar-refractivity contribution >= 4 is 0 Å². The van der Waals surface area contributed by atoms with Crippen LogP contribution >= 0.6 is 0 Å². The predicted molar refractivity (Wildman–Crippen MR) is 70.5 cm³/mol. The van der Waals surface area contributed by atoms with Gasteiger partial charge >= 0.3 is 0 Å². The molecule has 0 radical (unpaired) electrons. The van der Waals surface area contributed by atoms with Crippen molar-refractivity contribution in [1.29, 1.82) is 0 Å². The molecule has 1 N–H and O–H groups in total. The summed E-state index contributed by atoms with van der Waals surface area (Å²) in [6.45, 7) is 8.90. The molecular weight excluding hydrogens is 216 g/mol. The summed E-state index contributed by atoms with van der Waals surface area (Å²) in [6.07, 6.45) is 4.03. The molecule has 102 valence electrons. The summed E-state index contributed by atoms with van der Waals surface area (Å²) < 4.78 is 10.5. The van der Waals surface area contributed by atoms with E-state index in [9.17, 15) is 0 Å². The molecule has 0 bridgehead atoms. The van der Waals surface area contributed by atoms with Crippen molar-refractivity contribution in [2.45, 2.75) is 32.2 Å². The Hall–Kier alpha value is -0.160. The van der Waals surface area contributed by atoms with E-state index >= 15 is 0 Å². The second kappa shape index (κ2) is 9.83. The molecule has 1 aliphatic heterocycles. The largest absolute Gasteiger partial charge is 0.382 e. The molecule has 0 aromatic carbocycles. The van der Waals surface area contributed by atoms with Gasteiger partial charge in [0.15, 0.2) is 0 Å². The molecule has 4 heteroatoms. The monoisotopic (exact) mass is 244 g/mol. The number of nitrogens with one attached hydrogen (secondary N) is 1. The van der Waals surface area contributed by atoms with Crippen molar-refractivity contribution in [3.63, 3.8) is 0 Å². The normalized spacial score (nSPS) is 21.0. The minimum atomic E-state index is 0.683. The Morgan fingerprint density at radius 3 is 2.76 bits per heavy atom. The molecule has 1 aliphatic rings. The third-order valence-electron chi connectivity index (χ3n) is 3.32. The second-order valence-electron chi connectivity index (χ2n) is 4.65. The number of methoxy groups -OCH3 is 1. The fourth-order valence-electron chi connectivity index (χ4n) is 2.21. The maximum Gasteiger partial charge on any atom is 0.0700 e. The number of ether oxygens (including phenoxy) is 2. The van der Waals surface area contributed by atoms with Crippen LogP contribution in [0.2, 0.25) is 0 Å². The first kappa shape index (κ1) is 14.9. The Morgan fingerprint density at radius 1 is 1.24 bits per heavy atom. The van der Waals surface area contributed by atoms with Gasteiger partial charge in [-0.1, -0.05) is 13.3 Å². The number of hydrogen-bond acceptors (Lipinski definition) is 4. The van der Waals surface area contributed by atoms with Gasteiger partial charge in [-0.3, -0.25) is 4.90 Å². The van der Waals surface area contributed by atoms with Crippen LogP contribution in [0.15, 0.2) is 0 Å². The third-order valence-corrected chi connectivity index (χ3v) is 3.32. The quantitative estimate of drug-likeness (QED) is 0.616. The standard InChI is InChI=1S/C13H28N2O2/c1-3-15(8-9-17-11-10-16-2)12-13-6-4-5-7-14-13/h13-14H,3-12H2,1-2H3. The highest BCUT2D eigenvalue weighted by Crippen LogP contribution is 2.08. The molecule has 1 heterocycles. The molecule has 1 rings (SSSR count). The number of likely N-dealkylation sites (N-methyl/N-ethyl adjacent to an activating group) is 1. The molecule has 0 aromatic rings. The van der Waals surface area contributed by atoms with Gasteiger partial charge in [0.2, 0.25) is 0 Å². The number of rotatable bonds is 9. The zero-order valence-electron chi connectivity index (χ0n) is 11.4. The summed E-state index contributed by atoms with van der Waals surface area (Å²) in [5.41, 5.74) is 0. The number of nitrogens with zero attached hydrogens (tertiary/aromatic N) is 1. The van der Waals surface area contributed by atoms with Gasteiger partial charge in [0.1, 0.15) is 0 Å².